The lowest BCUT2D eigenvalue weighted by Gasteiger charge is -2.23. The Labute approximate surface area is 192 Å². The van der Waals surface area contributed by atoms with Gasteiger partial charge in [-0.05, 0) is 67.8 Å². The maximum Gasteiger partial charge on any atom is 0.246 e. The first-order valence-corrected chi connectivity index (χ1v) is 12.3. The number of nitrogens with one attached hydrogen (secondary N) is 1. The van der Waals surface area contributed by atoms with Crippen molar-refractivity contribution in [3.8, 4) is 11.4 Å². The van der Waals surface area contributed by atoms with E-state index in [-0.39, 0.29) is 31.3 Å². The van der Waals surface area contributed by atoms with Crippen LogP contribution in [0.1, 0.15) is 29.9 Å². The summed E-state index contributed by atoms with van der Waals surface area (Å²) in [5.74, 6) is 0.449. The molecule has 0 fully saturated rings. The standard InChI is InChI=1S/C22H25ClN4O4S/c1-15-11-16(2)13-19(12-15)27(32(3,29)30)10-4-5-20(28)24-14-21-25-22(26-31-21)17-6-8-18(23)9-7-17/h6-9,11-13H,4-5,10,14H2,1-3H3,(H,24,28). The Hall–Kier alpha value is -2.91. The topological polar surface area (TPSA) is 105 Å². The third-order valence-corrected chi connectivity index (χ3v) is 6.11. The van der Waals surface area contributed by atoms with Gasteiger partial charge in [-0.3, -0.25) is 9.10 Å². The highest BCUT2D eigenvalue weighted by Crippen LogP contribution is 2.22. The number of carbonyl (C=O) groups excluding carboxylic acids is 1. The number of sulfonamides is 1. The fraction of sp³-hybridized carbons (Fsp3) is 0.318. The number of carbonyl (C=O) groups is 1. The van der Waals surface area contributed by atoms with Gasteiger partial charge in [0.15, 0.2) is 0 Å². The fourth-order valence-corrected chi connectivity index (χ4v) is 4.34. The number of amides is 1. The summed E-state index contributed by atoms with van der Waals surface area (Å²) in [6.07, 6.45) is 1.69. The Balaban J connectivity index is 1.52. The summed E-state index contributed by atoms with van der Waals surface area (Å²) in [5, 5.41) is 7.23. The molecule has 0 spiro atoms. The van der Waals surface area contributed by atoms with E-state index >= 15 is 0 Å². The molecule has 0 bridgehead atoms. The monoisotopic (exact) mass is 476 g/mol. The Morgan fingerprint density at radius 1 is 1.12 bits per heavy atom. The van der Waals surface area contributed by atoms with Crippen LogP contribution in [-0.2, 0) is 21.4 Å². The molecule has 2 aromatic carbocycles. The predicted molar refractivity (Wildman–Crippen MR) is 124 cm³/mol. The van der Waals surface area contributed by atoms with Crippen molar-refractivity contribution < 1.29 is 17.7 Å². The Kier molecular flexibility index (Phi) is 7.52. The molecule has 170 valence electrons. The van der Waals surface area contributed by atoms with Crippen LogP contribution >= 0.6 is 11.6 Å². The van der Waals surface area contributed by atoms with Crippen molar-refractivity contribution in [3.05, 3.63) is 64.5 Å². The average molecular weight is 477 g/mol. The van der Waals surface area contributed by atoms with Crippen molar-refractivity contribution in [2.24, 2.45) is 0 Å². The lowest BCUT2D eigenvalue weighted by Crippen LogP contribution is -2.32. The molecule has 32 heavy (non-hydrogen) atoms. The molecule has 0 aliphatic heterocycles. The van der Waals surface area contributed by atoms with E-state index in [0.717, 1.165) is 16.7 Å². The molecule has 3 aromatic rings. The second kappa shape index (κ2) is 10.1. The highest BCUT2D eigenvalue weighted by Gasteiger charge is 2.18. The second-order valence-electron chi connectivity index (χ2n) is 7.58. The maximum atomic E-state index is 12.3. The highest BCUT2D eigenvalue weighted by molar-refractivity contribution is 7.92. The Morgan fingerprint density at radius 2 is 1.78 bits per heavy atom. The van der Waals surface area contributed by atoms with Gasteiger partial charge in [-0.2, -0.15) is 4.98 Å². The molecule has 10 heteroatoms. The van der Waals surface area contributed by atoms with Crippen molar-refractivity contribution in [2.45, 2.75) is 33.2 Å². The van der Waals surface area contributed by atoms with Gasteiger partial charge in [0.25, 0.3) is 0 Å². The number of hydrogen-bond acceptors (Lipinski definition) is 6. The van der Waals surface area contributed by atoms with Crippen LogP contribution in [0, 0.1) is 13.8 Å². The quantitative estimate of drug-likeness (QED) is 0.502. The van der Waals surface area contributed by atoms with E-state index in [1.54, 1.807) is 24.3 Å². The van der Waals surface area contributed by atoms with E-state index in [9.17, 15) is 13.2 Å². The van der Waals surface area contributed by atoms with Crippen LogP contribution in [0.4, 0.5) is 5.69 Å². The van der Waals surface area contributed by atoms with E-state index in [4.69, 9.17) is 16.1 Å². The normalized spacial score (nSPS) is 11.4. The smallest absolute Gasteiger partial charge is 0.246 e. The summed E-state index contributed by atoms with van der Waals surface area (Å²) < 4.78 is 31.0. The van der Waals surface area contributed by atoms with Crippen molar-refractivity contribution in [1.29, 1.82) is 0 Å². The predicted octanol–water partition coefficient (Wildman–Crippen LogP) is 3.87. The van der Waals surface area contributed by atoms with Gasteiger partial charge in [0.05, 0.1) is 18.5 Å². The summed E-state index contributed by atoms with van der Waals surface area (Å²) in [6.45, 7) is 4.13. The molecular weight excluding hydrogens is 452 g/mol. The van der Waals surface area contributed by atoms with Gasteiger partial charge in [0.2, 0.25) is 27.6 Å². The van der Waals surface area contributed by atoms with E-state index < -0.39 is 10.0 Å². The molecule has 1 amide bonds. The molecule has 0 atom stereocenters. The SMILES string of the molecule is Cc1cc(C)cc(N(CCCC(=O)NCc2nc(-c3ccc(Cl)cc3)no2)S(C)(=O)=O)c1. The number of rotatable bonds is 9. The first-order chi connectivity index (χ1) is 15.1. The van der Waals surface area contributed by atoms with E-state index in [1.807, 2.05) is 32.0 Å². The van der Waals surface area contributed by atoms with Crippen LogP contribution in [0.25, 0.3) is 11.4 Å². The van der Waals surface area contributed by atoms with E-state index in [1.165, 1.54) is 10.6 Å². The molecule has 8 nitrogen and oxygen atoms in total. The number of aromatic nitrogens is 2. The molecule has 0 aliphatic rings. The summed E-state index contributed by atoms with van der Waals surface area (Å²) in [6, 6.07) is 12.6. The molecule has 0 aliphatic carbocycles. The minimum Gasteiger partial charge on any atom is -0.347 e. The van der Waals surface area contributed by atoms with Crippen molar-refractivity contribution in [1.82, 2.24) is 15.5 Å². The van der Waals surface area contributed by atoms with Crippen LogP contribution in [0.15, 0.2) is 47.0 Å². The number of halogens is 1. The van der Waals surface area contributed by atoms with Gasteiger partial charge in [-0.1, -0.05) is 22.8 Å². The minimum absolute atomic E-state index is 0.0896. The van der Waals surface area contributed by atoms with E-state index in [0.29, 0.717) is 23.0 Å². The van der Waals surface area contributed by atoms with Crippen molar-refractivity contribution in [2.75, 3.05) is 17.1 Å². The van der Waals surface area contributed by atoms with E-state index in [2.05, 4.69) is 15.5 Å². The molecular formula is C22H25ClN4O4S. The van der Waals surface area contributed by atoms with Gasteiger partial charge < -0.3 is 9.84 Å². The second-order valence-corrected chi connectivity index (χ2v) is 9.92. The van der Waals surface area contributed by atoms with Crippen molar-refractivity contribution in [3.63, 3.8) is 0 Å². The lowest BCUT2D eigenvalue weighted by molar-refractivity contribution is -0.121. The summed E-state index contributed by atoms with van der Waals surface area (Å²) >= 11 is 5.88. The number of anilines is 1. The third-order valence-electron chi connectivity index (χ3n) is 4.67. The number of nitrogens with zero attached hydrogens (tertiary/aromatic N) is 3. The van der Waals surface area contributed by atoms with Gasteiger partial charge in [0.1, 0.15) is 0 Å². The molecule has 0 saturated carbocycles. The fourth-order valence-electron chi connectivity index (χ4n) is 3.27. The number of hydrogen-bond donors (Lipinski definition) is 1. The first kappa shape index (κ1) is 23.7. The zero-order valence-electron chi connectivity index (χ0n) is 18.1. The van der Waals surface area contributed by atoms with Gasteiger partial charge >= 0.3 is 0 Å². The molecule has 1 aromatic heterocycles. The molecule has 0 saturated heterocycles. The number of benzene rings is 2. The number of aryl methyl sites for hydroxylation is 2. The van der Waals surface area contributed by atoms with Crippen LogP contribution < -0.4 is 9.62 Å². The zero-order chi connectivity index (χ0) is 23.3. The van der Waals surface area contributed by atoms with Crippen LogP contribution in [-0.4, -0.2) is 37.3 Å². The average Bonchev–Trinajstić information content (AvgIpc) is 3.17. The molecule has 1 N–H and O–H groups in total. The lowest BCUT2D eigenvalue weighted by atomic mass is 10.1. The van der Waals surface area contributed by atoms with Gasteiger partial charge in [-0.25, -0.2) is 8.42 Å². The van der Waals surface area contributed by atoms with Crippen LogP contribution in [0.3, 0.4) is 0 Å². The largest absolute Gasteiger partial charge is 0.347 e. The van der Waals surface area contributed by atoms with Gasteiger partial charge in [0, 0.05) is 23.6 Å². The third kappa shape index (κ3) is 6.54. The maximum absolute atomic E-state index is 12.3. The summed E-state index contributed by atoms with van der Waals surface area (Å²) in [4.78, 5) is 16.5. The van der Waals surface area contributed by atoms with Crippen molar-refractivity contribution >= 4 is 33.2 Å². The van der Waals surface area contributed by atoms with Crippen LogP contribution in [0.2, 0.25) is 5.02 Å². The molecule has 1 heterocycles. The first-order valence-electron chi connectivity index (χ1n) is 10.0. The molecule has 3 rings (SSSR count). The Bertz CT molecular complexity index is 1170. The molecule has 0 unspecified atom stereocenters. The van der Waals surface area contributed by atoms with Crippen LogP contribution in [0.5, 0.6) is 0 Å². The minimum atomic E-state index is -3.47. The van der Waals surface area contributed by atoms with Gasteiger partial charge in [-0.15, -0.1) is 0 Å². The summed E-state index contributed by atoms with van der Waals surface area (Å²) in [5.41, 5.74) is 3.31. The zero-order valence-corrected chi connectivity index (χ0v) is 19.7. The Morgan fingerprint density at radius 3 is 2.41 bits per heavy atom. The highest BCUT2D eigenvalue weighted by atomic mass is 35.5. The summed E-state index contributed by atoms with van der Waals surface area (Å²) in [7, 11) is -3.47. The molecule has 0 radical (unpaired) electrons.